The minimum absolute atomic E-state index is 0.246. The molecule has 3 heteroatoms. The molecule has 0 amide bonds. The third-order valence-electron chi connectivity index (χ3n) is 3.36. The molecule has 2 radical (unpaired) electrons. The van der Waals surface area contributed by atoms with Crippen molar-refractivity contribution in [1.29, 1.82) is 0 Å². The molecule has 0 aliphatic rings. The Morgan fingerprint density at radius 3 is 2.53 bits per heavy atom. The molecular weight excluding hydrogens is 226 g/mol. The first kappa shape index (κ1) is 14.3. The van der Waals surface area contributed by atoms with Crippen molar-refractivity contribution in [2.45, 2.75) is 46.3 Å². The average Bonchev–Trinajstić information content (AvgIpc) is 2.23. The summed E-state index contributed by atoms with van der Waals surface area (Å²) < 4.78 is 5.81. The molecule has 94 valence electrons. The van der Waals surface area contributed by atoms with Crippen molar-refractivity contribution in [3.8, 4) is 0 Å². The number of aryl methyl sites for hydroxylation is 1. The topological polar surface area (TPSA) is 35.2 Å². The van der Waals surface area contributed by atoms with Crippen molar-refractivity contribution in [2.75, 3.05) is 5.73 Å². The second-order valence-corrected chi connectivity index (χ2v) is 7.24. The van der Waals surface area contributed by atoms with E-state index in [-0.39, 0.29) is 5.04 Å². The molecule has 0 spiro atoms. The van der Waals surface area contributed by atoms with Gasteiger partial charge >= 0.3 is 0 Å². The zero-order valence-corrected chi connectivity index (χ0v) is 12.5. The molecule has 1 rings (SSSR count). The summed E-state index contributed by atoms with van der Waals surface area (Å²) in [6, 6.07) is 6.13. The van der Waals surface area contributed by atoms with E-state index in [1.807, 2.05) is 19.1 Å². The lowest BCUT2D eigenvalue weighted by Crippen LogP contribution is -2.22. The summed E-state index contributed by atoms with van der Waals surface area (Å²) in [6.45, 7) is 11.6. The van der Waals surface area contributed by atoms with Crippen LogP contribution in [0.2, 0.25) is 5.04 Å². The van der Waals surface area contributed by atoms with Crippen LogP contribution in [-0.2, 0) is 11.0 Å². The largest absolute Gasteiger partial charge is 0.413 e. The van der Waals surface area contributed by atoms with E-state index in [9.17, 15) is 0 Å². The van der Waals surface area contributed by atoms with Gasteiger partial charge in [-0.1, -0.05) is 39.8 Å². The van der Waals surface area contributed by atoms with Crippen LogP contribution in [0.25, 0.3) is 0 Å². The standard InChI is InChI=1S/C14H23NOSi/c1-10(2)14(4,5)17-16-9-12-7-6-11(3)13(15)8-12/h6-8,10H,9,15H2,1-5H3. The molecule has 0 saturated heterocycles. The summed E-state index contributed by atoms with van der Waals surface area (Å²) in [6.07, 6.45) is 0. The Balaban J connectivity index is 2.49. The summed E-state index contributed by atoms with van der Waals surface area (Å²) in [4.78, 5) is 0. The highest BCUT2D eigenvalue weighted by molar-refractivity contribution is 6.32. The maximum absolute atomic E-state index is 5.87. The van der Waals surface area contributed by atoms with Gasteiger partial charge in [0, 0.05) is 5.69 Å². The molecule has 0 saturated carbocycles. The summed E-state index contributed by atoms with van der Waals surface area (Å²) in [5, 5.41) is 0.246. The van der Waals surface area contributed by atoms with Crippen molar-refractivity contribution < 1.29 is 4.43 Å². The molecule has 0 aromatic heterocycles. The van der Waals surface area contributed by atoms with Crippen molar-refractivity contribution >= 4 is 15.5 Å². The van der Waals surface area contributed by atoms with E-state index >= 15 is 0 Å². The average molecular weight is 249 g/mol. The Morgan fingerprint density at radius 2 is 2.00 bits per heavy atom. The molecule has 0 aliphatic carbocycles. The van der Waals surface area contributed by atoms with Crippen LogP contribution < -0.4 is 5.73 Å². The van der Waals surface area contributed by atoms with E-state index < -0.39 is 0 Å². The molecule has 0 atom stereocenters. The fraction of sp³-hybridized carbons (Fsp3) is 0.571. The highest BCUT2D eigenvalue weighted by Crippen LogP contribution is 2.32. The number of hydrogen-bond acceptors (Lipinski definition) is 2. The maximum Gasteiger partial charge on any atom is 0.236 e. The van der Waals surface area contributed by atoms with Crippen LogP contribution in [-0.4, -0.2) is 9.76 Å². The molecule has 2 nitrogen and oxygen atoms in total. The first-order chi connectivity index (χ1) is 7.83. The van der Waals surface area contributed by atoms with Gasteiger partial charge in [-0.15, -0.1) is 0 Å². The van der Waals surface area contributed by atoms with Gasteiger partial charge in [-0.25, -0.2) is 0 Å². The van der Waals surface area contributed by atoms with E-state index in [4.69, 9.17) is 10.2 Å². The number of hydrogen-bond donors (Lipinski definition) is 1. The predicted molar refractivity (Wildman–Crippen MR) is 75.0 cm³/mol. The normalized spacial score (nSPS) is 12.1. The zero-order chi connectivity index (χ0) is 13.1. The Kier molecular flexibility index (Phi) is 4.77. The van der Waals surface area contributed by atoms with Crippen LogP contribution in [0.3, 0.4) is 0 Å². The molecule has 0 unspecified atom stereocenters. The second kappa shape index (κ2) is 5.69. The summed E-state index contributed by atoms with van der Waals surface area (Å²) in [7, 11) is 0.518. The molecular formula is C14H23NOSi. The molecule has 0 fully saturated rings. The van der Waals surface area contributed by atoms with Gasteiger partial charge in [0.2, 0.25) is 9.76 Å². The molecule has 0 aliphatic heterocycles. The SMILES string of the molecule is Cc1ccc(CO[Si]C(C)(C)C(C)C)cc1N. The van der Waals surface area contributed by atoms with Gasteiger partial charge < -0.3 is 10.2 Å². The molecule has 0 bridgehead atoms. The third-order valence-corrected chi connectivity index (χ3v) is 4.75. The third kappa shape index (κ3) is 4.17. The van der Waals surface area contributed by atoms with Crippen LogP contribution in [0.5, 0.6) is 0 Å². The van der Waals surface area contributed by atoms with Crippen LogP contribution in [0.4, 0.5) is 5.69 Å². The first-order valence-corrected chi connectivity index (χ1v) is 6.97. The minimum Gasteiger partial charge on any atom is -0.413 e. The van der Waals surface area contributed by atoms with Crippen LogP contribution >= 0.6 is 0 Å². The van der Waals surface area contributed by atoms with Crippen molar-refractivity contribution in [1.82, 2.24) is 0 Å². The van der Waals surface area contributed by atoms with Gasteiger partial charge in [-0.05, 0) is 35.1 Å². The van der Waals surface area contributed by atoms with Crippen molar-refractivity contribution in [2.24, 2.45) is 5.92 Å². The molecule has 1 aromatic carbocycles. The van der Waals surface area contributed by atoms with Gasteiger partial charge in [0.05, 0.1) is 6.61 Å². The fourth-order valence-electron chi connectivity index (χ4n) is 1.20. The highest BCUT2D eigenvalue weighted by atomic mass is 28.2. The maximum atomic E-state index is 5.87. The molecule has 17 heavy (non-hydrogen) atoms. The van der Waals surface area contributed by atoms with Gasteiger partial charge in [-0.3, -0.25) is 0 Å². The zero-order valence-electron chi connectivity index (χ0n) is 11.5. The molecule has 0 heterocycles. The Bertz CT molecular complexity index is 374. The number of nitrogen functional groups attached to an aromatic ring is 1. The van der Waals surface area contributed by atoms with Gasteiger partial charge in [0.25, 0.3) is 0 Å². The summed E-state index contributed by atoms with van der Waals surface area (Å²) >= 11 is 0. The van der Waals surface area contributed by atoms with E-state index in [1.54, 1.807) is 0 Å². The number of nitrogens with two attached hydrogens (primary N) is 1. The molecule has 1 aromatic rings. The lowest BCUT2D eigenvalue weighted by atomic mass is 9.99. The van der Waals surface area contributed by atoms with Gasteiger partial charge in [0.15, 0.2) is 0 Å². The lowest BCUT2D eigenvalue weighted by Gasteiger charge is -2.27. The smallest absolute Gasteiger partial charge is 0.236 e. The van der Waals surface area contributed by atoms with Crippen LogP contribution in [0.15, 0.2) is 18.2 Å². The van der Waals surface area contributed by atoms with Crippen LogP contribution in [0, 0.1) is 12.8 Å². The van der Waals surface area contributed by atoms with Crippen molar-refractivity contribution in [3.05, 3.63) is 29.3 Å². The Hall–Kier alpha value is -0.803. The molecule has 2 N–H and O–H groups in total. The number of anilines is 1. The van der Waals surface area contributed by atoms with E-state index in [0.29, 0.717) is 22.3 Å². The summed E-state index contributed by atoms with van der Waals surface area (Å²) in [5.74, 6) is 0.629. The fourth-order valence-corrected chi connectivity index (χ4v) is 2.05. The summed E-state index contributed by atoms with van der Waals surface area (Å²) in [5.41, 5.74) is 8.99. The van der Waals surface area contributed by atoms with Crippen molar-refractivity contribution in [3.63, 3.8) is 0 Å². The van der Waals surface area contributed by atoms with E-state index in [0.717, 1.165) is 16.8 Å². The van der Waals surface area contributed by atoms with Gasteiger partial charge in [-0.2, -0.15) is 0 Å². The Morgan fingerprint density at radius 1 is 1.35 bits per heavy atom. The van der Waals surface area contributed by atoms with E-state index in [2.05, 4.69) is 33.8 Å². The van der Waals surface area contributed by atoms with E-state index in [1.165, 1.54) is 0 Å². The highest BCUT2D eigenvalue weighted by Gasteiger charge is 2.24. The van der Waals surface area contributed by atoms with Gasteiger partial charge in [0.1, 0.15) is 0 Å². The predicted octanol–water partition coefficient (Wildman–Crippen LogP) is 3.57. The number of benzene rings is 1. The van der Waals surface area contributed by atoms with Crippen LogP contribution in [0.1, 0.15) is 38.8 Å². The lowest BCUT2D eigenvalue weighted by molar-refractivity contribution is 0.291. The Labute approximate surface area is 108 Å². The number of rotatable bonds is 5. The second-order valence-electron chi connectivity index (χ2n) is 5.46. The minimum atomic E-state index is 0.246. The monoisotopic (exact) mass is 249 g/mol. The first-order valence-electron chi connectivity index (χ1n) is 6.07. The quantitative estimate of drug-likeness (QED) is 0.639.